The van der Waals surface area contributed by atoms with Crippen LogP contribution in [0.1, 0.15) is 23.9 Å². The summed E-state index contributed by atoms with van der Waals surface area (Å²) in [6.45, 7) is 3.59. The number of ether oxygens (including phenoxy) is 1. The topological polar surface area (TPSA) is 52.3 Å². The number of pyridine rings is 1. The first kappa shape index (κ1) is 13.7. The van der Waals surface area contributed by atoms with Crippen molar-refractivity contribution in [3.8, 4) is 0 Å². The second-order valence-electron chi connectivity index (χ2n) is 4.03. The molecule has 0 fully saturated rings. The minimum Gasteiger partial charge on any atom is -0.468 e. The van der Waals surface area contributed by atoms with E-state index >= 15 is 0 Å². The van der Waals surface area contributed by atoms with Crippen LogP contribution in [0.15, 0.2) is 40.0 Å². The van der Waals surface area contributed by atoms with Crippen LogP contribution in [-0.4, -0.2) is 11.0 Å². The molecule has 0 aliphatic carbocycles. The van der Waals surface area contributed by atoms with Crippen molar-refractivity contribution in [2.24, 2.45) is 0 Å². The largest absolute Gasteiger partial charge is 0.468 e. The first-order chi connectivity index (χ1) is 9.16. The maximum Gasteiger partial charge on any atom is 0.303 e. The van der Waals surface area contributed by atoms with Crippen LogP contribution < -0.4 is 0 Å². The minimum atomic E-state index is -0.296. The van der Waals surface area contributed by atoms with Gasteiger partial charge in [-0.15, -0.1) is 11.8 Å². The molecular formula is C14H15NO3S. The van der Waals surface area contributed by atoms with Crippen molar-refractivity contribution in [3.63, 3.8) is 0 Å². The molecule has 100 valence electrons. The van der Waals surface area contributed by atoms with Gasteiger partial charge in [0.1, 0.15) is 12.4 Å². The lowest BCUT2D eigenvalue weighted by molar-refractivity contribution is -0.142. The van der Waals surface area contributed by atoms with Gasteiger partial charge in [-0.05, 0) is 30.7 Å². The lowest BCUT2D eigenvalue weighted by atomic mass is 10.2. The number of hydrogen-bond acceptors (Lipinski definition) is 5. The van der Waals surface area contributed by atoms with Crippen LogP contribution in [-0.2, 0) is 21.9 Å². The molecule has 0 bridgehead atoms. The molecule has 2 rings (SSSR count). The molecule has 2 heterocycles. The Labute approximate surface area is 116 Å². The Hall–Kier alpha value is -1.75. The highest BCUT2D eigenvalue weighted by Gasteiger charge is 2.08. The van der Waals surface area contributed by atoms with Crippen molar-refractivity contribution in [1.29, 1.82) is 0 Å². The molecule has 19 heavy (non-hydrogen) atoms. The summed E-state index contributed by atoms with van der Waals surface area (Å²) in [4.78, 5) is 16.2. The third-order valence-corrected chi connectivity index (χ3v) is 3.80. The summed E-state index contributed by atoms with van der Waals surface area (Å²) in [5.41, 5.74) is 1.83. The molecule has 0 aromatic carbocycles. The fourth-order valence-electron chi connectivity index (χ4n) is 1.57. The smallest absolute Gasteiger partial charge is 0.303 e. The Kier molecular flexibility index (Phi) is 4.63. The number of aromatic nitrogens is 1. The molecule has 0 spiro atoms. The van der Waals surface area contributed by atoms with Gasteiger partial charge in [-0.2, -0.15) is 0 Å². The molecule has 0 saturated carbocycles. The minimum absolute atomic E-state index is 0.219. The zero-order valence-corrected chi connectivity index (χ0v) is 11.7. The highest BCUT2D eigenvalue weighted by molar-refractivity contribution is 7.98. The molecule has 0 saturated heterocycles. The SMILES string of the molecule is CC(=O)OCc1nccc(SCc2ccco2)c1C. The van der Waals surface area contributed by atoms with E-state index in [1.807, 2.05) is 25.1 Å². The van der Waals surface area contributed by atoms with Crippen LogP contribution in [0.4, 0.5) is 0 Å². The zero-order chi connectivity index (χ0) is 13.7. The Bertz CT molecular complexity index is 552. The van der Waals surface area contributed by atoms with Gasteiger partial charge in [0.25, 0.3) is 0 Å². The van der Waals surface area contributed by atoms with Gasteiger partial charge < -0.3 is 9.15 Å². The summed E-state index contributed by atoms with van der Waals surface area (Å²) in [5, 5.41) is 0. The second kappa shape index (κ2) is 6.43. The quantitative estimate of drug-likeness (QED) is 0.619. The van der Waals surface area contributed by atoms with E-state index in [4.69, 9.17) is 9.15 Å². The van der Waals surface area contributed by atoms with Crippen LogP contribution in [0, 0.1) is 6.92 Å². The summed E-state index contributed by atoms with van der Waals surface area (Å²) in [5.74, 6) is 1.41. The number of carbonyl (C=O) groups excluding carboxylic acids is 1. The Morgan fingerprint density at radius 3 is 3.00 bits per heavy atom. The molecular weight excluding hydrogens is 262 g/mol. The lowest BCUT2D eigenvalue weighted by Crippen LogP contribution is -2.03. The Morgan fingerprint density at radius 2 is 2.32 bits per heavy atom. The maximum absolute atomic E-state index is 10.8. The average molecular weight is 277 g/mol. The number of furan rings is 1. The van der Waals surface area contributed by atoms with Crippen molar-refractivity contribution in [2.45, 2.75) is 31.1 Å². The molecule has 0 aliphatic rings. The molecule has 0 aliphatic heterocycles. The van der Waals surface area contributed by atoms with Crippen molar-refractivity contribution < 1.29 is 13.9 Å². The molecule has 4 nitrogen and oxygen atoms in total. The molecule has 0 N–H and O–H groups in total. The third kappa shape index (κ3) is 3.86. The summed E-state index contributed by atoms with van der Waals surface area (Å²) < 4.78 is 10.3. The normalized spacial score (nSPS) is 10.4. The second-order valence-corrected chi connectivity index (χ2v) is 5.05. The Morgan fingerprint density at radius 1 is 1.47 bits per heavy atom. The van der Waals surface area contributed by atoms with Crippen molar-refractivity contribution in [3.05, 3.63) is 47.7 Å². The zero-order valence-electron chi connectivity index (χ0n) is 10.9. The molecule has 0 unspecified atom stereocenters. The Balaban J connectivity index is 2.04. The van der Waals surface area contributed by atoms with E-state index in [9.17, 15) is 4.79 Å². The first-order valence-corrected chi connectivity index (χ1v) is 6.88. The van der Waals surface area contributed by atoms with E-state index in [2.05, 4.69) is 4.98 Å². The number of hydrogen-bond donors (Lipinski definition) is 0. The van der Waals surface area contributed by atoms with Crippen molar-refractivity contribution in [2.75, 3.05) is 0 Å². The van der Waals surface area contributed by atoms with Crippen LogP contribution in [0.3, 0.4) is 0 Å². The van der Waals surface area contributed by atoms with Crippen LogP contribution in [0.25, 0.3) is 0 Å². The van der Waals surface area contributed by atoms with Gasteiger partial charge in [-0.1, -0.05) is 0 Å². The lowest BCUT2D eigenvalue weighted by Gasteiger charge is -2.09. The van der Waals surface area contributed by atoms with Crippen LogP contribution in [0.2, 0.25) is 0 Å². The van der Waals surface area contributed by atoms with E-state index in [-0.39, 0.29) is 12.6 Å². The molecule has 5 heteroatoms. The maximum atomic E-state index is 10.8. The van der Waals surface area contributed by atoms with E-state index in [0.29, 0.717) is 0 Å². The predicted octanol–water partition coefficient (Wildman–Crippen LogP) is 3.34. The first-order valence-electron chi connectivity index (χ1n) is 5.90. The average Bonchev–Trinajstić information content (AvgIpc) is 2.89. The fourth-order valence-corrected chi connectivity index (χ4v) is 2.53. The van der Waals surface area contributed by atoms with Gasteiger partial charge in [0.05, 0.1) is 17.7 Å². The van der Waals surface area contributed by atoms with Crippen LogP contribution >= 0.6 is 11.8 Å². The number of carbonyl (C=O) groups is 1. The number of rotatable bonds is 5. The van der Waals surface area contributed by atoms with Gasteiger partial charge >= 0.3 is 5.97 Å². The highest BCUT2D eigenvalue weighted by atomic mass is 32.2. The monoisotopic (exact) mass is 277 g/mol. The van der Waals surface area contributed by atoms with Crippen LogP contribution in [0.5, 0.6) is 0 Å². The van der Waals surface area contributed by atoms with E-state index in [1.165, 1.54) is 6.92 Å². The summed E-state index contributed by atoms with van der Waals surface area (Å²) in [7, 11) is 0. The van der Waals surface area contributed by atoms with Gasteiger partial charge in [-0.25, -0.2) is 0 Å². The summed E-state index contributed by atoms with van der Waals surface area (Å²) >= 11 is 1.68. The predicted molar refractivity (Wildman–Crippen MR) is 72.7 cm³/mol. The standard InChI is InChI=1S/C14H15NO3S/c1-10-13(8-18-11(2)16)15-6-5-14(10)19-9-12-4-3-7-17-12/h3-7H,8-9H2,1-2H3. The van der Waals surface area contributed by atoms with E-state index in [1.54, 1.807) is 24.2 Å². The third-order valence-electron chi connectivity index (χ3n) is 2.62. The van der Waals surface area contributed by atoms with Gasteiger partial charge in [-0.3, -0.25) is 9.78 Å². The van der Waals surface area contributed by atoms with Gasteiger partial charge in [0, 0.05) is 18.0 Å². The van der Waals surface area contributed by atoms with Gasteiger partial charge in [0.15, 0.2) is 0 Å². The van der Waals surface area contributed by atoms with Gasteiger partial charge in [0.2, 0.25) is 0 Å². The fraction of sp³-hybridized carbons (Fsp3) is 0.286. The molecule has 2 aromatic rings. The number of thioether (sulfide) groups is 1. The van der Waals surface area contributed by atoms with E-state index in [0.717, 1.165) is 27.7 Å². The summed E-state index contributed by atoms with van der Waals surface area (Å²) in [6, 6.07) is 5.78. The van der Waals surface area contributed by atoms with Crippen molar-refractivity contribution >= 4 is 17.7 Å². The molecule has 2 aromatic heterocycles. The molecule has 0 radical (unpaired) electrons. The van der Waals surface area contributed by atoms with Crippen molar-refractivity contribution in [1.82, 2.24) is 4.98 Å². The highest BCUT2D eigenvalue weighted by Crippen LogP contribution is 2.27. The molecule has 0 atom stereocenters. The van der Waals surface area contributed by atoms with E-state index < -0.39 is 0 Å². The number of esters is 1. The number of nitrogens with zero attached hydrogens (tertiary/aromatic N) is 1. The summed E-state index contributed by atoms with van der Waals surface area (Å²) in [6.07, 6.45) is 3.40. The molecule has 0 amide bonds.